The van der Waals surface area contributed by atoms with Gasteiger partial charge in [-0.05, 0) is 25.3 Å². The molecule has 26 heavy (non-hydrogen) atoms. The van der Waals surface area contributed by atoms with Gasteiger partial charge in [-0.15, -0.1) is 0 Å². The summed E-state index contributed by atoms with van der Waals surface area (Å²) in [6.45, 7) is 1.03. The molecule has 2 unspecified atom stereocenters. The zero-order valence-electron chi connectivity index (χ0n) is 15.0. The van der Waals surface area contributed by atoms with E-state index in [9.17, 15) is 4.79 Å². The molecule has 3 atom stereocenters. The molecule has 2 aromatic heterocycles. The van der Waals surface area contributed by atoms with Gasteiger partial charge in [-0.2, -0.15) is 0 Å². The molecule has 2 aromatic rings. The average Bonchev–Trinajstić information content (AvgIpc) is 3.30. The summed E-state index contributed by atoms with van der Waals surface area (Å²) in [5.74, 6) is 0.738. The predicted molar refractivity (Wildman–Crippen MR) is 94.6 cm³/mol. The maximum atomic E-state index is 12.9. The van der Waals surface area contributed by atoms with Crippen molar-refractivity contribution in [1.29, 1.82) is 0 Å². The minimum Gasteiger partial charge on any atom is -0.474 e. The highest BCUT2D eigenvalue weighted by molar-refractivity contribution is 5.77. The molecule has 1 aliphatic heterocycles. The Morgan fingerprint density at radius 1 is 1.35 bits per heavy atom. The summed E-state index contributed by atoms with van der Waals surface area (Å²) >= 11 is 0. The quantitative estimate of drug-likeness (QED) is 0.818. The summed E-state index contributed by atoms with van der Waals surface area (Å²) in [6, 6.07) is 5.69. The van der Waals surface area contributed by atoms with Crippen LogP contribution in [0.25, 0.3) is 0 Å². The van der Waals surface area contributed by atoms with E-state index < -0.39 is 0 Å². The van der Waals surface area contributed by atoms with Gasteiger partial charge >= 0.3 is 0 Å². The van der Waals surface area contributed by atoms with Crippen LogP contribution in [0.5, 0.6) is 5.88 Å². The number of hydrogen-bond donors (Lipinski definition) is 0. The number of likely N-dealkylation sites (tertiary alicyclic amines) is 1. The monoisotopic (exact) mass is 356 g/mol. The van der Waals surface area contributed by atoms with E-state index in [0.717, 1.165) is 32.2 Å². The third kappa shape index (κ3) is 3.19. The Morgan fingerprint density at radius 3 is 3.00 bits per heavy atom. The smallest absolute Gasteiger partial charge is 0.242 e. The van der Waals surface area contributed by atoms with Crippen molar-refractivity contribution < 1.29 is 14.3 Å². The number of aromatic nitrogens is 3. The molecule has 2 aliphatic rings. The molecule has 1 saturated carbocycles. The minimum absolute atomic E-state index is 0.0333. The van der Waals surface area contributed by atoms with E-state index in [1.807, 2.05) is 29.3 Å². The number of nitrogens with zero attached hydrogens (tertiary/aromatic N) is 4. The number of fused-ring (bicyclic) bond motifs is 1. The van der Waals surface area contributed by atoms with E-state index in [1.165, 1.54) is 0 Å². The van der Waals surface area contributed by atoms with E-state index in [2.05, 4.69) is 9.97 Å². The fourth-order valence-electron chi connectivity index (χ4n) is 4.28. The summed E-state index contributed by atoms with van der Waals surface area (Å²) < 4.78 is 13.8. The minimum atomic E-state index is -0.255. The highest BCUT2D eigenvalue weighted by Gasteiger charge is 2.52. The van der Waals surface area contributed by atoms with Crippen molar-refractivity contribution in [2.45, 2.75) is 50.0 Å². The van der Waals surface area contributed by atoms with Crippen LogP contribution in [-0.2, 0) is 16.1 Å². The summed E-state index contributed by atoms with van der Waals surface area (Å²) in [5.41, 5.74) is -0.255. The molecule has 2 fully saturated rings. The first kappa shape index (κ1) is 17.0. The van der Waals surface area contributed by atoms with E-state index in [-0.39, 0.29) is 23.7 Å². The SMILES string of the molecule is CO[C@@]12CCC(Oc3ccccn3)CC1N(C(=O)Cn1ccnc1)CC2. The maximum Gasteiger partial charge on any atom is 0.242 e. The molecule has 1 amide bonds. The molecule has 3 heterocycles. The first-order chi connectivity index (χ1) is 12.7. The van der Waals surface area contributed by atoms with Crippen LogP contribution in [0.1, 0.15) is 25.7 Å². The van der Waals surface area contributed by atoms with Crippen LogP contribution >= 0.6 is 0 Å². The summed E-state index contributed by atoms with van der Waals surface area (Å²) in [4.78, 5) is 23.1. The van der Waals surface area contributed by atoms with Gasteiger partial charge in [-0.1, -0.05) is 6.07 Å². The lowest BCUT2D eigenvalue weighted by Gasteiger charge is -2.43. The van der Waals surface area contributed by atoms with E-state index in [0.29, 0.717) is 12.4 Å². The highest BCUT2D eigenvalue weighted by atomic mass is 16.5. The topological polar surface area (TPSA) is 69.5 Å². The number of carbonyl (C=O) groups excluding carboxylic acids is 1. The number of amides is 1. The molecule has 0 radical (unpaired) electrons. The van der Waals surface area contributed by atoms with Crippen molar-refractivity contribution in [3.8, 4) is 5.88 Å². The van der Waals surface area contributed by atoms with Crippen molar-refractivity contribution in [2.24, 2.45) is 0 Å². The molecular formula is C19H24N4O3. The highest BCUT2D eigenvalue weighted by Crippen LogP contribution is 2.43. The standard InChI is InChI=1S/C19H24N4O3/c1-25-19-6-5-15(26-17-4-2-3-8-21-17)12-16(19)23(10-7-19)18(24)13-22-11-9-20-14-22/h2-4,8-9,11,14-16H,5-7,10,12-13H2,1H3/t15?,16?,19-/m1/s1. The first-order valence-corrected chi connectivity index (χ1v) is 9.08. The first-order valence-electron chi connectivity index (χ1n) is 9.08. The van der Waals surface area contributed by atoms with Gasteiger partial charge in [0.2, 0.25) is 11.8 Å². The van der Waals surface area contributed by atoms with Gasteiger partial charge in [0, 0.05) is 44.7 Å². The molecule has 0 aromatic carbocycles. The second-order valence-corrected chi connectivity index (χ2v) is 7.04. The normalized spacial score (nSPS) is 28.0. The number of rotatable bonds is 5. The zero-order chi connectivity index (χ0) is 18.0. The van der Waals surface area contributed by atoms with Crippen molar-refractivity contribution in [3.05, 3.63) is 43.1 Å². The summed E-state index contributed by atoms with van der Waals surface area (Å²) in [6.07, 6.45) is 10.4. The number of ether oxygens (including phenoxy) is 2. The van der Waals surface area contributed by atoms with Crippen molar-refractivity contribution >= 4 is 5.91 Å². The van der Waals surface area contributed by atoms with Crippen LogP contribution < -0.4 is 4.74 Å². The Hall–Kier alpha value is -2.41. The van der Waals surface area contributed by atoms with Gasteiger partial charge in [0.25, 0.3) is 0 Å². The number of hydrogen-bond acceptors (Lipinski definition) is 5. The Balaban J connectivity index is 1.48. The van der Waals surface area contributed by atoms with Crippen LogP contribution in [0.15, 0.2) is 43.1 Å². The van der Waals surface area contributed by atoms with Crippen LogP contribution in [0, 0.1) is 0 Å². The molecule has 7 nitrogen and oxygen atoms in total. The van der Waals surface area contributed by atoms with E-state index >= 15 is 0 Å². The van der Waals surface area contributed by atoms with Crippen molar-refractivity contribution in [2.75, 3.05) is 13.7 Å². The average molecular weight is 356 g/mol. The van der Waals surface area contributed by atoms with Crippen molar-refractivity contribution in [3.63, 3.8) is 0 Å². The lowest BCUT2D eigenvalue weighted by Crippen LogP contribution is -2.54. The van der Waals surface area contributed by atoms with Crippen LogP contribution in [0.2, 0.25) is 0 Å². The Morgan fingerprint density at radius 2 is 2.27 bits per heavy atom. The van der Waals surface area contributed by atoms with Gasteiger partial charge in [0.05, 0.1) is 18.0 Å². The lowest BCUT2D eigenvalue weighted by atomic mass is 9.79. The predicted octanol–water partition coefficient (Wildman–Crippen LogP) is 1.90. The number of carbonyl (C=O) groups is 1. The fraction of sp³-hybridized carbons (Fsp3) is 0.526. The molecule has 0 N–H and O–H groups in total. The largest absolute Gasteiger partial charge is 0.474 e. The second-order valence-electron chi connectivity index (χ2n) is 7.04. The molecular weight excluding hydrogens is 332 g/mol. The van der Waals surface area contributed by atoms with Gasteiger partial charge in [-0.25, -0.2) is 9.97 Å². The Kier molecular flexibility index (Phi) is 4.63. The second kappa shape index (κ2) is 7.07. The molecule has 0 spiro atoms. The van der Waals surface area contributed by atoms with E-state index in [1.54, 1.807) is 30.4 Å². The molecule has 138 valence electrons. The summed E-state index contributed by atoms with van der Waals surface area (Å²) in [5, 5.41) is 0. The molecule has 1 saturated heterocycles. The number of imidazole rings is 1. The Labute approximate surface area is 152 Å². The van der Waals surface area contributed by atoms with Crippen LogP contribution in [0.4, 0.5) is 0 Å². The van der Waals surface area contributed by atoms with Crippen LogP contribution in [0.3, 0.4) is 0 Å². The maximum absolute atomic E-state index is 12.9. The molecule has 4 rings (SSSR count). The third-order valence-corrected chi connectivity index (χ3v) is 5.66. The van der Waals surface area contributed by atoms with E-state index in [4.69, 9.17) is 9.47 Å². The molecule has 7 heteroatoms. The Bertz CT molecular complexity index is 737. The molecule has 1 aliphatic carbocycles. The van der Waals surface area contributed by atoms with Gasteiger partial charge in [0.15, 0.2) is 0 Å². The van der Waals surface area contributed by atoms with Crippen LogP contribution in [-0.4, -0.2) is 56.7 Å². The summed E-state index contributed by atoms with van der Waals surface area (Å²) in [7, 11) is 1.76. The third-order valence-electron chi connectivity index (χ3n) is 5.66. The lowest BCUT2D eigenvalue weighted by molar-refractivity contribution is -0.140. The zero-order valence-corrected chi connectivity index (χ0v) is 15.0. The van der Waals surface area contributed by atoms with Gasteiger partial charge < -0.3 is 18.9 Å². The molecule has 0 bridgehead atoms. The van der Waals surface area contributed by atoms with Gasteiger partial charge in [-0.3, -0.25) is 4.79 Å². The fourth-order valence-corrected chi connectivity index (χ4v) is 4.28. The number of methoxy groups -OCH3 is 1. The van der Waals surface area contributed by atoms with Gasteiger partial charge in [0.1, 0.15) is 12.6 Å². The van der Waals surface area contributed by atoms with Crippen molar-refractivity contribution in [1.82, 2.24) is 19.4 Å². The number of pyridine rings is 1.